The van der Waals surface area contributed by atoms with Crippen LogP contribution in [0.2, 0.25) is 10.0 Å². The molecule has 4 nitrogen and oxygen atoms in total. The van der Waals surface area contributed by atoms with Gasteiger partial charge in [0.1, 0.15) is 0 Å². The van der Waals surface area contributed by atoms with Gasteiger partial charge in [-0.05, 0) is 30.5 Å². The van der Waals surface area contributed by atoms with Crippen molar-refractivity contribution in [3.63, 3.8) is 0 Å². The normalized spacial score (nSPS) is 19.5. The van der Waals surface area contributed by atoms with Gasteiger partial charge in [0, 0.05) is 20.3 Å². The summed E-state index contributed by atoms with van der Waals surface area (Å²) in [6.07, 6.45) is 1.44. The molecular weight excluding hydrogens is 313 g/mol. The molecule has 6 heteroatoms. The molecule has 1 N–H and O–H groups in total. The minimum Gasteiger partial charge on any atom is -0.385 e. The molecule has 0 spiro atoms. The summed E-state index contributed by atoms with van der Waals surface area (Å²) in [4.78, 5) is 12.3. The monoisotopic (exact) mass is 331 g/mol. The van der Waals surface area contributed by atoms with E-state index in [0.717, 1.165) is 12.0 Å². The topological polar surface area (TPSA) is 47.6 Å². The second kappa shape index (κ2) is 7.99. The lowest BCUT2D eigenvalue weighted by Gasteiger charge is -2.21. The lowest BCUT2D eigenvalue weighted by molar-refractivity contribution is -0.125. The molecule has 0 bridgehead atoms. The zero-order valence-electron chi connectivity index (χ0n) is 11.9. The number of methoxy groups -OCH3 is 1. The number of ether oxygens (including phenoxy) is 2. The SMILES string of the molecule is COCCC(NC(=O)C1CCOC1)c1ccc(Cl)c(Cl)c1. The third-order valence-electron chi connectivity index (χ3n) is 3.57. The van der Waals surface area contributed by atoms with Crippen LogP contribution in [-0.2, 0) is 14.3 Å². The van der Waals surface area contributed by atoms with Crippen LogP contribution in [0.25, 0.3) is 0 Å². The quantitative estimate of drug-likeness (QED) is 0.870. The van der Waals surface area contributed by atoms with E-state index in [-0.39, 0.29) is 17.9 Å². The number of hydrogen-bond acceptors (Lipinski definition) is 3. The molecule has 1 fully saturated rings. The van der Waals surface area contributed by atoms with E-state index in [9.17, 15) is 4.79 Å². The van der Waals surface area contributed by atoms with Crippen molar-refractivity contribution in [3.8, 4) is 0 Å². The molecule has 0 aliphatic carbocycles. The van der Waals surface area contributed by atoms with Crippen LogP contribution in [0.3, 0.4) is 0 Å². The Labute approximate surface area is 134 Å². The van der Waals surface area contributed by atoms with Gasteiger partial charge >= 0.3 is 0 Å². The van der Waals surface area contributed by atoms with Gasteiger partial charge in [-0.2, -0.15) is 0 Å². The Morgan fingerprint density at radius 3 is 2.90 bits per heavy atom. The molecule has 1 aliphatic heterocycles. The Balaban J connectivity index is 2.09. The van der Waals surface area contributed by atoms with E-state index in [4.69, 9.17) is 32.7 Å². The van der Waals surface area contributed by atoms with E-state index in [1.165, 1.54) is 0 Å². The average molecular weight is 332 g/mol. The predicted molar refractivity (Wildman–Crippen MR) is 82.8 cm³/mol. The highest BCUT2D eigenvalue weighted by Crippen LogP contribution is 2.27. The Hall–Kier alpha value is -0.810. The van der Waals surface area contributed by atoms with Crippen LogP contribution in [0.1, 0.15) is 24.4 Å². The number of halogens is 2. The maximum Gasteiger partial charge on any atom is 0.226 e. The molecule has 2 rings (SSSR count). The van der Waals surface area contributed by atoms with Gasteiger partial charge in [-0.15, -0.1) is 0 Å². The standard InChI is InChI=1S/C15H19Cl2NO3/c1-20-6-5-14(10-2-3-12(16)13(17)8-10)18-15(19)11-4-7-21-9-11/h2-3,8,11,14H,4-7,9H2,1H3,(H,18,19). The van der Waals surface area contributed by atoms with E-state index in [1.54, 1.807) is 19.2 Å². The summed E-state index contributed by atoms with van der Waals surface area (Å²) in [6.45, 7) is 1.68. The summed E-state index contributed by atoms with van der Waals surface area (Å²) in [6, 6.07) is 5.26. The Bertz CT molecular complexity index is 490. The van der Waals surface area contributed by atoms with Gasteiger partial charge in [0.15, 0.2) is 0 Å². The number of carbonyl (C=O) groups excluding carboxylic acids is 1. The predicted octanol–water partition coefficient (Wildman–Crippen LogP) is 3.22. The number of carbonyl (C=O) groups is 1. The molecule has 1 heterocycles. The largest absolute Gasteiger partial charge is 0.385 e. The highest BCUT2D eigenvalue weighted by Gasteiger charge is 2.26. The fourth-order valence-electron chi connectivity index (χ4n) is 2.32. The molecular formula is C15H19Cl2NO3. The minimum absolute atomic E-state index is 0.0136. The Morgan fingerprint density at radius 1 is 1.48 bits per heavy atom. The first kappa shape index (κ1) is 16.6. The fraction of sp³-hybridized carbons (Fsp3) is 0.533. The maximum absolute atomic E-state index is 12.3. The van der Waals surface area contributed by atoms with Crippen molar-refractivity contribution in [2.45, 2.75) is 18.9 Å². The fourth-order valence-corrected chi connectivity index (χ4v) is 2.62. The molecule has 21 heavy (non-hydrogen) atoms. The van der Waals surface area contributed by atoms with Crippen LogP contribution in [-0.4, -0.2) is 32.8 Å². The van der Waals surface area contributed by atoms with Crippen molar-refractivity contribution in [1.82, 2.24) is 5.32 Å². The van der Waals surface area contributed by atoms with E-state index in [1.807, 2.05) is 6.07 Å². The van der Waals surface area contributed by atoms with Crippen LogP contribution in [0.4, 0.5) is 0 Å². The summed E-state index contributed by atoms with van der Waals surface area (Å²) >= 11 is 12.0. The molecule has 2 atom stereocenters. The van der Waals surface area contributed by atoms with Gasteiger partial charge in [0.05, 0.1) is 28.6 Å². The van der Waals surface area contributed by atoms with Crippen molar-refractivity contribution >= 4 is 29.1 Å². The molecule has 1 aliphatic rings. The lowest BCUT2D eigenvalue weighted by Crippen LogP contribution is -2.34. The summed E-state index contributed by atoms with van der Waals surface area (Å²) in [5.74, 6) is -0.0579. The molecule has 1 saturated heterocycles. The first-order chi connectivity index (χ1) is 10.1. The zero-order valence-corrected chi connectivity index (χ0v) is 13.4. The van der Waals surface area contributed by atoms with E-state index in [0.29, 0.717) is 36.3 Å². The Morgan fingerprint density at radius 2 is 2.29 bits per heavy atom. The van der Waals surface area contributed by atoms with Crippen LogP contribution in [0.15, 0.2) is 18.2 Å². The summed E-state index contributed by atoms with van der Waals surface area (Å²) in [7, 11) is 1.64. The minimum atomic E-state index is -0.146. The molecule has 1 amide bonds. The summed E-state index contributed by atoms with van der Waals surface area (Å²) < 4.78 is 10.4. The lowest BCUT2D eigenvalue weighted by atomic mass is 10.0. The van der Waals surface area contributed by atoms with Crippen LogP contribution in [0, 0.1) is 5.92 Å². The van der Waals surface area contributed by atoms with E-state index >= 15 is 0 Å². The van der Waals surface area contributed by atoms with Crippen LogP contribution >= 0.6 is 23.2 Å². The van der Waals surface area contributed by atoms with Crippen LogP contribution < -0.4 is 5.32 Å². The molecule has 116 valence electrons. The maximum atomic E-state index is 12.3. The van der Waals surface area contributed by atoms with Crippen LogP contribution in [0.5, 0.6) is 0 Å². The molecule has 1 aromatic carbocycles. The first-order valence-electron chi connectivity index (χ1n) is 6.94. The van der Waals surface area contributed by atoms with Gasteiger partial charge in [-0.25, -0.2) is 0 Å². The summed E-state index contributed by atoms with van der Waals surface area (Å²) in [5, 5.41) is 4.04. The van der Waals surface area contributed by atoms with Gasteiger partial charge in [-0.1, -0.05) is 29.3 Å². The molecule has 1 aromatic rings. The van der Waals surface area contributed by atoms with E-state index < -0.39 is 0 Å². The van der Waals surface area contributed by atoms with Crippen molar-refractivity contribution < 1.29 is 14.3 Å². The third-order valence-corrected chi connectivity index (χ3v) is 4.31. The molecule has 2 unspecified atom stereocenters. The van der Waals surface area contributed by atoms with Crippen molar-refractivity contribution in [2.75, 3.05) is 26.9 Å². The van der Waals surface area contributed by atoms with Crippen molar-refractivity contribution in [2.24, 2.45) is 5.92 Å². The molecule has 0 radical (unpaired) electrons. The number of rotatable bonds is 6. The first-order valence-corrected chi connectivity index (χ1v) is 7.69. The number of benzene rings is 1. The highest BCUT2D eigenvalue weighted by molar-refractivity contribution is 6.42. The van der Waals surface area contributed by atoms with Gasteiger partial charge in [0.25, 0.3) is 0 Å². The van der Waals surface area contributed by atoms with Gasteiger partial charge in [-0.3, -0.25) is 4.79 Å². The average Bonchev–Trinajstić information content (AvgIpc) is 3.00. The third kappa shape index (κ3) is 4.58. The molecule has 0 aromatic heterocycles. The van der Waals surface area contributed by atoms with Gasteiger partial charge in [0.2, 0.25) is 5.91 Å². The number of nitrogens with one attached hydrogen (secondary N) is 1. The molecule has 0 saturated carbocycles. The van der Waals surface area contributed by atoms with Crippen molar-refractivity contribution in [1.29, 1.82) is 0 Å². The van der Waals surface area contributed by atoms with Gasteiger partial charge < -0.3 is 14.8 Å². The number of hydrogen-bond donors (Lipinski definition) is 1. The summed E-state index contributed by atoms with van der Waals surface area (Å²) in [5.41, 5.74) is 0.925. The smallest absolute Gasteiger partial charge is 0.226 e. The zero-order chi connectivity index (χ0) is 15.2. The van der Waals surface area contributed by atoms with E-state index in [2.05, 4.69) is 5.32 Å². The second-order valence-corrected chi connectivity index (χ2v) is 5.89. The van der Waals surface area contributed by atoms with Crippen molar-refractivity contribution in [3.05, 3.63) is 33.8 Å². The highest BCUT2D eigenvalue weighted by atomic mass is 35.5. The Kier molecular flexibility index (Phi) is 6.30. The second-order valence-electron chi connectivity index (χ2n) is 5.08. The number of amides is 1.